The van der Waals surface area contributed by atoms with Crippen molar-refractivity contribution in [1.82, 2.24) is 9.78 Å². The predicted molar refractivity (Wildman–Crippen MR) is 80.4 cm³/mol. The molecule has 0 aliphatic heterocycles. The Bertz CT molecular complexity index is 555. The lowest BCUT2D eigenvalue weighted by Gasteiger charge is -2.11. The molecule has 0 fully saturated rings. The van der Waals surface area contributed by atoms with Gasteiger partial charge in [0, 0.05) is 30.5 Å². The summed E-state index contributed by atoms with van der Waals surface area (Å²) in [5.41, 5.74) is 6.28. The number of aromatic nitrogens is 2. The fourth-order valence-electron chi connectivity index (χ4n) is 2.44. The Morgan fingerprint density at radius 3 is 2.58 bits per heavy atom. The van der Waals surface area contributed by atoms with E-state index in [2.05, 4.69) is 55.5 Å². The first-order valence-corrected chi connectivity index (χ1v) is 6.94. The molecule has 0 radical (unpaired) electrons. The number of hydrogen-bond donors (Lipinski definition) is 1. The number of rotatable bonds is 5. The van der Waals surface area contributed by atoms with Crippen LogP contribution >= 0.6 is 0 Å². The SMILES string of the molecule is CCCc1ccccc1NCc1c(C)nn(C)c1C. The first-order valence-electron chi connectivity index (χ1n) is 6.94. The largest absolute Gasteiger partial charge is 0.381 e. The molecular weight excluding hydrogens is 234 g/mol. The van der Waals surface area contributed by atoms with Gasteiger partial charge in [-0.2, -0.15) is 5.10 Å². The van der Waals surface area contributed by atoms with Gasteiger partial charge in [-0.3, -0.25) is 4.68 Å². The van der Waals surface area contributed by atoms with E-state index in [1.54, 1.807) is 0 Å². The summed E-state index contributed by atoms with van der Waals surface area (Å²) in [5, 5.41) is 8.01. The molecule has 0 saturated carbocycles. The molecular formula is C16H23N3. The molecule has 0 aliphatic rings. The molecule has 3 nitrogen and oxygen atoms in total. The number of para-hydroxylation sites is 1. The number of aryl methyl sites for hydroxylation is 3. The molecule has 1 aromatic heterocycles. The lowest BCUT2D eigenvalue weighted by atomic mass is 10.1. The van der Waals surface area contributed by atoms with E-state index in [0.717, 1.165) is 18.7 Å². The van der Waals surface area contributed by atoms with E-state index in [9.17, 15) is 0 Å². The van der Waals surface area contributed by atoms with Gasteiger partial charge in [0.15, 0.2) is 0 Å². The normalized spacial score (nSPS) is 10.7. The van der Waals surface area contributed by atoms with Crippen LogP contribution in [0.15, 0.2) is 24.3 Å². The summed E-state index contributed by atoms with van der Waals surface area (Å²) < 4.78 is 1.95. The molecule has 2 rings (SSSR count). The van der Waals surface area contributed by atoms with Gasteiger partial charge in [0.25, 0.3) is 0 Å². The van der Waals surface area contributed by atoms with Gasteiger partial charge in [0.2, 0.25) is 0 Å². The Labute approximate surface area is 115 Å². The molecule has 19 heavy (non-hydrogen) atoms. The Balaban J connectivity index is 2.14. The summed E-state index contributed by atoms with van der Waals surface area (Å²) in [5.74, 6) is 0. The third kappa shape index (κ3) is 2.98. The molecule has 0 aliphatic carbocycles. The second kappa shape index (κ2) is 5.91. The average Bonchev–Trinajstić information content (AvgIpc) is 2.63. The van der Waals surface area contributed by atoms with Gasteiger partial charge in [0.05, 0.1) is 5.69 Å². The van der Waals surface area contributed by atoms with Gasteiger partial charge in [0.1, 0.15) is 0 Å². The zero-order valence-corrected chi connectivity index (χ0v) is 12.3. The third-order valence-electron chi connectivity index (χ3n) is 3.65. The molecule has 0 unspecified atom stereocenters. The van der Waals surface area contributed by atoms with Crippen molar-refractivity contribution in [3.8, 4) is 0 Å². The van der Waals surface area contributed by atoms with Crippen LogP contribution in [0.3, 0.4) is 0 Å². The van der Waals surface area contributed by atoms with Crippen LogP contribution in [-0.2, 0) is 20.0 Å². The highest BCUT2D eigenvalue weighted by Crippen LogP contribution is 2.19. The molecule has 0 saturated heterocycles. The molecule has 0 amide bonds. The van der Waals surface area contributed by atoms with Crippen LogP contribution in [0.5, 0.6) is 0 Å². The molecule has 0 bridgehead atoms. The van der Waals surface area contributed by atoms with Crippen LogP contribution < -0.4 is 5.32 Å². The smallest absolute Gasteiger partial charge is 0.0646 e. The van der Waals surface area contributed by atoms with Crippen molar-refractivity contribution >= 4 is 5.69 Å². The topological polar surface area (TPSA) is 29.9 Å². The van der Waals surface area contributed by atoms with Crippen molar-refractivity contribution in [2.45, 2.75) is 40.2 Å². The Morgan fingerprint density at radius 2 is 1.95 bits per heavy atom. The quantitative estimate of drug-likeness (QED) is 0.887. The lowest BCUT2D eigenvalue weighted by Crippen LogP contribution is -2.04. The minimum atomic E-state index is 0.840. The molecule has 1 aromatic carbocycles. The predicted octanol–water partition coefficient (Wildman–Crippen LogP) is 3.60. The van der Waals surface area contributed by atoms with Crippen LogP contribution in [0.2, 0.25) is 0 Å². The first kappa shape index (κ1) is 13.7. The second-order valence-electron chi connectivity index (χ2n) is 5.03. The Hall–Kier alpha value is -1.77. The number of benzene rings is 1. The Morgan fingerprint density at radius 1 is 1.21 bits per heavy atom. The maximum atomic E-state index is 4.46. The molecule has 2 aromatic rings. The molecule has 1 N–H and O–H groups in total. The highest BCUT2D eigenvalue weighted by Gasteiger charge is 2.09. The van der Waals surface area contributed by atoms with Crippen molar-refractivity contribution in [2.75, 3.05) is 5.32 Å². The Kier molecular flexibility index (Phi) is 4.25. The summed E-state index contributed by atoms with van der Waals surface area (Å²) in [6.07, 6.45) is 2.29. The summed E-state index contributed by atoms with van der Waals surface area (Å²) in [7, 11) is 2.00. The molecule has 1 heterocycles. The van der Waals surface area contributed by atoms with Crippen LogP contribution in [0, 0.1) is 13.8 Å². The zero-order chi connectivity index (χ0) is 13.8. The summed E-state index contributed by atoms with van der Waals surface area (Å²) in [4.78, 5) is 0. The van der Waals surface area contributed by atoms with Gasteiger partial charge in [-0.1, -0.05) is 31.5 Å². The van der Waals surface area contributed by atoms with Gasteiger partial charge < -0.3 is 5.32 Å². The van der Waals surface area contributed by atoms with Crippen molar-refractivity contribution < 1.29 is 0 Å². The number of anilines is 1. The standard InChI is InChI=1S/C16H23N3/c1-5-8-14-9-6-7-10-16(14)17-11-15-12(2)18-19(4)13(15)3/h6-7,9-10,17H,5,8,11H2,1-4H3. The van der Waals surface area contributed by atoms with E-state index < -0.39 is 0 Å². The molecule has 0 spiro atoms. The minimum absolute atomic E-state index is 0.840. The van der Waals surface area contributed by atoms with Gasteiger partial charge >= 0.3 is 0 Å². The lowest BCUT2D eigenvalue weighted by molar-refractivity contribution is 0.730. The highest BCUT2D eigenvalue weighted by atomic mass is 15.3. The van der Waals surface area contributed by atoms with E-state index in [1.165, 1.54) is 28.9 Å². The van der Waals surface area contributed by atoms with E-state index in [-0.39, 0.29) is 0 Å². The number of nitrogens with zero attached hydrogens (tertiary/aromatic N) is 2. The van der Waals surface area contributed by atoms with E-state index >= 15 is 0 Å². The molecule has 3 heteroatoms. The van der Waals surface area contributed by atoms with Crippen LogP contribution in [0.4, 0.5) is 5.69 Å². The molecule has 102 valence electrons. The molecule has 0 atom stereocenters. The van der Waals surface area contributed by atoms with E-state index in [1.807, 2.05) is 11.7 Å². The minimum Gasteiger partial charge on any atom is -0.381 e. The number of nitrogens with one attached hydrogen (secondary N) is 1. The maximum Gasteiger partial charge on any atom is 0.0646 e. The van der Waals surface area contributed by atoms with Crippen molar-refractivity contribution in [2.24, 2.45) is 7.05 Å². The second-order valence-corrected chi connectivity index (χ2v) is 5.03. The van der Waals surface area contributed by atoms with Crippen molar-refractivity contribution in [1.29, 1.82) is 0 Å². The van der Waals surface area contributed by atoms with Gasteiger partial charge in [-0.05, 0) is 31.9 Å². The van der Waals surface area contributed by atoms with E-state index in [0.29, 0.717) is 0 Å². The van der Waals surface area contributed by atoms with Crippen molar-refractivity contribution in [3.05, 3.63) is 46.8 Å². The fourth-order valence-corrected chi connectivity index (χ4v) is 2.44. The fraction of sp³-hybridized carbons (Fsp3) is 0.438. The van der Waals surface area contributed by atoms with Gasteiger partial charge in [-0.25, -0.2) is 0 Å². The van der Waals surface area contributed by atoms with Crippen molar-refractivity contribution in [3.63, 3.8) is 0 Å². The van der Waals surface area contributed by atoms with E-state index in [4.69, 9.17) is 0 Å². The van der Waals surface area contributed by atoms with Crippen LogP contribution in [-0.4, -0.2) is 9.78 Å². The average molecular weight is 257 g/mol. The summed E-state index contributed by atoms with van der Waals surface area (Å²) in [6, 6.07) is 8.56. The monoisotopic (exact) mass is 257 g/mol. The third-order valence-corrected chi connectivity index (χ3v) is 3.65. The number of hydrogen-bond acceptors (Lipinski definition) is 2. The maximum absolute atomic E-state index is 4.46. The zero-order valence-electron chi connectivity index (χ0n) is 12.3. The summed E-state index contributed by atoms with van der Waals surface area (Å²) in [6.45, 7) is 7.25. The van der Waals surface area contributed by atoms with Gasteiger partial charge in [-0.15, -0.1) is 0 Å². The first-order chi connectivity index (χ1) is 9.13. The highest BCUT2D eigenvalue weighted by molar-refractivity contribution is 5.51. The summed E-state index contributed by atoms with van der Waals surface area (Å²) >= 11 is 0. The van der Waals surface area contributed by atoms with Crippen LogP contribution in [0.25, 0.3) is 0 Å². The van der Waals surface area contributed by atoms with Crippen LogP contribution in [0.1, 0.15) is 35.9 Å².